The molecule has 248 valence electrons. The number of hydrogen-bond donors (Lipinski definition) is 3. The van der Waals surface area contributed by atoms with Gasteiger partial charge in [-0.2, -0.15) is 0 Å². The summed E-state index contributed by atoms with van der Waals surface area (Å²) in [7, 11) is 3.02. The topological polar surface area (TPSA) is 115 Å². The Morgan fingerprint density at radius 1 is 0.673 bits per heavy atom. The van der Waals surface area contributed by atoms with Crippen LogP contribution < -0.4 is 30.2 Å². The third-order valence-electron chi connectivity index (χ3n) is 7.16. The molecule has 49 heavy (non-hydrogen) atoms. The van der Waals surface area contributed by atoms with E-state index in [9.17, 15) is 14.4 Å². The summed E-state index contributed by atoms with van der Waals surface area (Å²) < 4.78 is 16.7. The lowest BCUT2D eigenvalue weighted by atomic mass is 10.1. The van der Waals surface area contributed by atoms with Gasteiger partial charge in [0.1, 0.15) is 17.2 Å². The van der Waals surface area contributed by atoms with E-state index in [0.29, 0.717) is 39.8 Å². The summed E-state index contributed by atoms with van der Waals surface area (Å²) in [6.45, 7) is 1.82. The Balaban J connectivity index is 1.23. The molecule has 3 N–H and O–H groups in total. The largest absolute Gasteiger partial charge is 0.493 e. The average molecular weight is 674 g/mol. The van der Waals surface area contributed by atoms with E-state index in [4.69, 9.17) is 14.2 Å². The first kappa shape index (κ1) is 34.3. The molecule has 5 aromatic carbocycles. The van der Waals surface area contributed by atoms with Crippen LogP contribution in [0.25, 0.3) is 6.08 Å². The summed E-state index contributed by atoms with van der Waals surface area (Å²) in [5, 5.41) is 8.11. The van der Waals surface area contributed by atoms with E-state index in [-0.39, 0.29) is 11.6 Å². The standard InChI is InChI=1S/C39H35N3O6S/c1-26(37(43)40-29-17-21-32(22-18-29)48-31-14-8-5-9-15-31)49-33-23-19-30(20-24-33)41-39(45)34(42-38(44)27-11-6-4-7-12-27)25-28-13-10-16-35(46-2)36(28)47-3/h4-26H,1-3H3,(H,40,43)(H,41,45)(H,42,44)/b34-25-. The van der Waals surface area contributed by atoms with Gasteiger partial charge in [0.25, 0.3) is 11.8 Å². The lowest BCUT2D eigenvalue weighted by Gasteiger charge is -2.15. The molecule has 0 radical (unpaired) electrons. The van der Waals surface area contributed by atoms with Crippen LogP contribution in [-0.2, 0) is 9.59 Å². The molecule has 10 heteroatoms. The minimum Gasteiger partial charge on any atom is -0.493 e. The molecule has 3 amide bonds. The Bertz CT molecular complexity index is 1920. The predicted molar refractivity (Wildman–Crippen MR) is 193 cm³/mol. The van der Waals surface area contributed by atoms with Crippen LogP contribution in [-0.4, -0.2) is 37.2 Å². The molecule has 0 aliphatic rings. The molecule has 0 spiro atoms. The molecule has 0 aliphatic carbocycles. The highest BCUT2D eigenvalue weighted by molar-refractivity contribution is 8.00. The van der Waals surface area contributed by atoms with Crippen molar-refractivity contribution in [2.45, 2.75) is 17.1 Å². The van der Waals surface area contributed by atoms with E-state index in [1.54, 1.807) is 84.9 Å². The number of benzene rings is 5. The smallest absolute Gasteiger partial charge is 0.272 e. The number of thioether (sulfide) groups is 1. The van der Waals surface area contributed by atoms with Gasteiger partial charge in [-0.25, -0.2) is 0 Å². The van der Waals surface area contributed by atoms with Crippen molar-refractivity contribution in [3.63, 3.8) is 0 Å². The first-order valence-electron chi connectivity index (χ1n) is 15.3. The summed E-state index contributed by atoms with van der Waals surface area (Å²) in [6, 6.07) is 37.6. The number of ether oxygens (including phenoxy) is 3. The average Bonchev–Trinajstić information content (AvgIpc) is 3.13. The van der Waals surface area contributed by atoms with Gasteiger partial charge in [-0.15, -0.1) is 11.8 Å². The maximum absolute atomic E-state index is 13.5. The zero-order chi connectivity index (χ0) is 34.6. The van der Waals surface area contributed by atoms with Crippen LogP contribution in [0.4, 0.5) is 11.4 Å². The zero-order valence-corrected chi connectivity index (χ0v) is 28.0. The molecule has 1 atom stereocenters. The Labute approximate surface area is 289 Å². The molecule has 5 aromatic rings. The van der Waals surface area contributed by atoms with Gasteiger partial charge in [0.05, 0.1) is 19.5 Å². The number of nitrogens with one attached hydrogen (secondary N) is 3. The van der Waals surface area contributed by atoms with E-state index in [2.05, 4.69) is 16.0 Å². The second-order valence-corrected chi connectivity index (χ2v) is 12.0. The van der Waals surface area contributed by atoms with Crippen LogP contribution in [0.1, 0.15) is 22.8 Å². The summed E-state index contributed by atoms with van der Waals surface area (Å²) in [5.41, 5.74) is 2.10. The molecule has 0 heterocycles. The minimum absolute atomic E-state index is 0.00353. The number of rotatable bonds is 13. The van der Waals surface area contributed by atoms with Crippen LogP contribution >= 0.6 is 11.8 Å². The molecule has 0 aromatic heterocycles. The fourth-order valence-electron chi connectivity index (χ4n) is 4.67. The van der Waals surface area contributed by atoms with Crippen LogP contribution in [0.3, 0.4) is 0 Å². The quantitative estimate of drug-likeness (QED) is 0.0857. The molecule has 5 rings (SSSR count). The minimum atomic E-state index is -0.539. The Hall–Kier alpha value is -6.00. The van der Waals surface area contributed by atoms with Crippen LogP contribution in [0.15, 0.2) is 138 Å². The second kappa shape index (κ2) is 16.7. The molecule has 0 aliphatic heterocycles. The van der Waals surface area contributed by atoms with E-state index in [1.807, 2.05) is 49.4 Å². The van der Waals surface area contributed by atoms with Crippen molar-refractivity contribution < 1.29 is 28.6 Å². The van der Waals surface area contributed by atoms with Gasteiger partial charge in [0.15, 0.2) is 11.5 Å². The Kier molecular flexibility index (Phi) is 11.7. The summed E-state index contributed by atoms with van der Waals surface area (Å²) in [5.74, 6) is 1.15. The van der Waals surface area contributed by atoms with E-state index in [0.717, 1.165) is 10.6 Å². The van der Waals surface area contributed by atoms with Crippen molar-refractivity contribution in [2.24, 2.45) is 0 Å². The number of amides is 3. The van der Waals surface area contributed by atoms with E-state index >= 15 is 0 Å². The molecule has 0 fully saturated rings. The fourth-order valence-corrected chi connectivity index (χ4v) is 5.54. The van der Waals surface area contributed by atoms with Crippen molar-refractivity contribution in [3.05, 3.63) is 144 Å². The number of hydrogen-bond acceptors (Lipinski definition) is 7. The third-order valence-corrected chi connectivity index (χ3v) is 8.27. The van der Waals surface area contributed by atoms with Crippen molar-refractivity contribution in [1.29, 1.82) is 0 Å². The highest BCUT2D eigenvalue weighted by atomic mass is 32.2. The third kappa shape index (κ3) is 9.52. The molecular weight excluding hydrogens is 639 g/mol. The van der Waals surface area contributed by atoms with Crippen molar-refractivity contribution >= 4 is 46.9 Å². The van der Waals surface area contributed by atoms with Crippen molar-refractivity contribution in [2.75, 3.05) is 24.9 Å². The molecular formula is C39H35N3O6S. The number of carbonyl (C=O) groups excluding carboxylic acids is 3. The van der Waals surface area contributed by atoms with Crippen molar-refractivity contribution in [1.82, 2.24) is 5.32 Å². The number of methoxy groups -OCH3 is 2. The lowest BCUT2D eigenvalue weighted by Crippen LogP contribution is -2.30. The number of anilines is 2. The number of para-hydroxylation sites is 2. The van der Waals surface area contributed by atoms with E-state index < -0.39 is 17.1 Å². The van der Waals surface area contributed by atoms with Crippen molar-refractivity contribution in [3.8, 4) is 23.0 Å². The monoisotopic (exact) mass is 673 g/mol. The highest BCUT2D eigenvalue weighted by Gasteiger charge is 2.18. The van der Waals surface area contributed by atoms with Gasteiger partial charge in [-0.1, -0.05) is 48.5 Å². The highest BCUT2D eigenvalue weighted by Crippen LogP contribution is 2.32. The van der Waals surface area contributed by atoms with Gasteiger partial charge >= 0.3 is 0 Å². The maximum atomic E-state index is 13.5. The normalized spacial score (nSPS) is 11.5. The van der Waals surface area contributed by atoms with Crippen LogP contribution in [0.5, 0.6) is 23.0 Å². The second-order valence-electron chi connectivity index (χ2n) is 10.6. The van der Waals surface area contributed by atoms with Gasteiger partial charge in [-0.3, -0.25) is 14.4 Å². The van der Waals surface area contributed by atoms with Gasteiger partial charge < -0.3 is 30.2 Å². The SMILES string of the molecule is COc1cccc(/C=C(\NC(=O)c2ccccc2)C(=O)Nc2ccc(SC(C)C(=O)Nc3ccc(Oc4ccccc4)cc3)cc2)c1OC. The first-order chi connectivity index (χ1) is 23.8. The van der Waals surface area contributed by atoms with Gasteiger partial charge in [0, 0.05) is 27.4 Å². The number of carbonyl (C=O) groups is 3. The summed E-state index contributed by atoms with van der Waals surface area (Å²) in [4.78, 5) is 40.4. The molecule has 0 saturated heterocycles. The Morgan fingerprint density at radius 3 is 1.94 bits per heavy atom. The van der Waals surface area contributed by atoms with Gasteiger partial charge in [0.2, 0.25) is 5.91 Å². The fraction of sp³-hybridized carbons (Fsp3) is 0.103. The molecule has 9 nitrogen and oxygen atoms in total. The lowest BCUT2D eigenvalue weighted by molar-refractivity contribution is -0.115. The van der Waals surface area contributed by atoms with Crippen LogP contribution in [0.2, 0.25) is 0 Å². The summed E-state index contributed by atoms with van der Waals surface area (Å²) in [6.07, 6.45) is 1.53. The molecule has 0 bridgehead atoms. The Morgan fingerprint density at radius 2 is 1.29 bits per heavy atom. The molecule has 1 unspecified atom stereocenters. The molecule has 0 saturated carbocycles. The van der Waals surface area contributed by atoms with E-state index in [1.165, 1.54) is 32.1 Å². The zero-order valence-electron chi connectivity index (χ0n) is 27.1. The summed E-state index contributed by atoms with van der Waals surface area (Å²) >= 11 is 1.38. The maximum Gasteiger partial charge on any atom is 0.272 e. The van der Waals surface area contributed by atoms with Crippen LogP contribution in [0, 0.1) is 0 Å². The predicted octanol–water partition coefficient (Wildman–Crippen LogP) is 8.03. The van der Waals surface area contributed by atoms with Gasteiger partial charge in [-0.05, 0) is 91.9 Å². The first-order valence-corrected chi connectivity index (χ1v) is 16.2.